The summed E-state index contributed by atoms with van der Waals surface area (Å²) in [5, 5.41) is 24.4. The van der Waals surface area contributed by atoms with Crippen molar-refractivity contribution in [3.05, 3.63) is 95.0 Å². The largest absolute Gasteiger partial charge is 0.491 e. The molecule has 0 radical (unpaired) electrons. The third-order valence-electron chi connectivity index (χ3n) is 9.86. The zero-order valence-electron chi connectivity index (χ0n) is 29.3. The van der Waals surface area contributed by atoms with Gasteiger partial charge >= 0.3 is 6.03 Å². The number of aliphatic hydroxyl groups excluding tert-OH is 2. The number of halogens is 2. The number of carbonyl (C=O) groups is 2. The van der Waals surface area contributed by atoms with E-state index >= 15 is 0 Å². The lowest BCUT2D eigenvalue weighted by molar-refractivity contribution is -0.190. The van der Waals surface area contributed by atoms with Gasteiger partial charge in [-0.1, -0.05) is 29.3 Å². The van der Waals surface area contributed by atoms with Crippen LogP contribution in [-0.4, -0.2) is 112 Å². The normalized spacial score (nSPS) is 22.2. The summed E-state index contributed by atoms with van der Waals surface area (Å²) in [5.41, 5.74) is 2.03. The number of imide groups is 1. The zero-order chi connectivity index (χ0) is 37.3. The van der Waals surface area contributed by atoms with E-state index in [-0.39, 0.29) is 31.7 Å². The van der Waals surface area contributed by atoms with Crippen LogP contribution in [0.2, 0.25) is 10.0 Å². The Balaban J connectivity index is 0.920. The van der Waals surface area contributed by atoms with Gasteiger partial charge in [0.2, 0.25) is 5.79 Å². The van der Waals surface area contributed by atoms with E-state index in [1.54, 1.807) is 55.2 Å². The monoisotopic (exact) mass is 765 g/mol. The second kappa shape index (κ2) is 15.1. The summed E-state index contributed by atoms with van der Waals surface area (Å²) in [5.74, 6) is -0.859. The molecule has 0 aliphatic carbocycles. The maximum Gasteiger partial charge on any atom is 0.332 e. The number of anilines is 3. The summed E-state index contributed by atoms with van der Waals surface area (Å²) in [6, 6.07) is 20.0. The van der Waals surface area contributed by atoms with Crippen molar-refractivity contribution in [2.45, 2.75) is 43.9 Å². The number of hydrogen-bond donors (Lipinski definition) is 2. The Morgan fingerprint density at radius 3 is 2.19 bits per heavy atom. The lowest BCUT2D eigenvalue weighted by Crippen LogP contribution is -2.48. The van der Waals surface area contributed by atoms with Crippen LogP contribution in [0.5, 0.6) is 5.75 Å². The molecular weight excluding hydrogens is 725 g/mol. The van der Waals surface area contributed by atoms with Crippen LogP contribution in [0, 0.1) is 0 Å². The van der Waals surface area contributed by atoms with Crippen LogP contribution >= 0.6 is 23.2 Å². The van der Waals surface area contributed by atoms with E-state index in [2.05, 4.69) is 19.9 Å². The Morgan fingerprint density at radius 1 is 0.943 bits per heavy atom. The van der Waals surface area contributed by atoms with E-state index in [1.165, 1.54) is 11.2 Å². The number of carbonyl (C=O) groups excluding carboxylic acids is 2. The second-order valence-electron chi connectivity index (χ2n) is 13.7. The fourth-order valence-corrected chi connectivity index (χ4v) is 7.45. The fraction of sp³-hybridized carbons (Fsp3) is 0.405. The number of aliphatic hydroxyl groups is 2. The highest BCUT2D eigenvalue weighted by Gasteiger charge is 2.52. The van der Waals surface area contributed by atoms with Gasteiger partial charge in [-0.25, -0.2) is 19.4 Å². The molecule has 3 aliphatic heterocycles. The molecule has 4 aromatic rings. The maximum absolute atomic E-state index is 13.2. The third kappa shape index (κ3) is 7.52. The summed E-state index contributed by atoms with van der Waals surface area (Å²) in [7, 11) is 0. The van der Waals surface area contributed by atoms with Crippen molar-refractivity contribution in [3.63, 3.8) is 0 Å². The Bertz CT molecular complexity index is 1910. The van der Waals surface area contributed by atoms with Crippen LogP contribution in [0.4, 0.5) is 21.9 Å². The van der Waals surface area contributed by atoms with Gasteiger partial charge in [0.15, 0.2) is 0 Å². The van der Waals surface area contributed by atoms with Crippen molar-refractivity contribution in [1.29, 1.82) is 0 Å². The van der Waals surface area contributed by atoms with Gasteiger partial charge in [-0.3, -0.25) is 4.79 Å². The van der Waals surface area contributed by atoms with Crippen LogP contribution in [0.25, 0.3) is 0 Å². The van der Waals surface area contributed by atoms with Gasteiger partial charge in [-0.05, 0) is 74.5 Å². The molecule has 0 saturated carbocycles. The lowest BCUT2D eigenvalue weighted by Gasteiger charge is -2.37. The molecule has 0 bridgehead atoms. The van der Waals surface area contributed by atoms with Crippen molar-refractivity contribution in [3.8, 4) is 5.75 Å². The smallest absolute Gasteiger partial charge is 0.332 e. The summed E-state index contributed by atoms with van der Waals surface area (Å²) in [6.07, 6.45) is 1.54. The molecule has 3 unspecified atom stereocenters. The van der Waals surface area contributed by atoms with E-state index in [9.17, 15) is 19.8 Å². The van der Waals surface area contributed by atoms with E-state index in [0.717, 1.165) is 42.5 Å². The quantitative estimate of drug-likeness (QED) is 0.201. The number of rotatable bonds is 12. The van der Waals surface area contributed by atoms with Crippen LogP contribution in [0.1, 0.15) is 19.4 Å². The number of benzene rings is 3. The molecule has 14 nitrogen and oxygen atoms in total. The number of piperazine rings is 1. The van der Waals surface area contributed by atoms with Gasteiger partial charge in [0, 0.05) is 48.1 Å². The molecule has 2 N–H and O–H groups in total. The predicted molar refractivity (Wildman–Crippen MR) is 199 cm³/mol. The minimum atomic E-state index is -1.19. The van der Waals surface area contributed by atoms with Crippen molar-refractivity contribution in [2.24, 2.45) is 0 Å². The standard InChI is InChI=1S/C37H41Cl2N7O7/c1-36(2)34(49)46(35(50)45(36)18-29(48)19-47)28-6-4-26(5-7-28)42-13-15-43(16-14-42)27-8-10-30(11-9-27)51-20-31-21-52-37(53-31,22-44-24-40-23-41-44)32-12-3-25(38)17-33(32)39/h3-12,17,23-24,29,31,47-48H,13-16,18-22H2,1-2H3. The lowest BCUT2D eigenvalue weighted by atomic mass is 10.0. The molecule has 3 aromatic carbocycles. The van der Waals surface area contributed by atoms with Gasteiger partial charge in [0.25, 0.3) is 5.91 Å². The molecule has 1 aromatic heterocycles. The Labute approximate surface area is 317 Å². The molecule has 3 saturated heterocycles. The number of aromatic nitrogens is 3. The molecule has 3 amide bonds. The molecule has 7 rings (SSSR count). The van der Waals surface area contributed by atoms with Crippen molar-refractivity contribution < 1.29 is 34.0 Å². The minimum Gasteiger partial charge on any atom is -0.491 e. The maximum atomic E-state index is 13.2. The summed E-state index contributed by atoms with van der Waals surface area (Å²) < 4.78 is 20.5. The van der Waals surface area contributed by atoms with Crippen LogP contribution in [0.15, 0.2) is 79.4 Å². The topological polar surface area (TPSA) is 146 Å². The van der Waals surface area contributed by atoms with Gasteiger partial charge < -0.3 is 39.1 Å². The number of amides is 3. The second-order valence-corrected chi connectivity index (χ2v) is 14.6. The molecular formula is C37H41Cl2N7O7. The van der Waals surface area contributed by atoms with E-state index in [0.29, 0.717) is 33.7 Å². The minimum absolute atomic E-state index is 0.137. The van der Waals surface area contributed by atoms with Gasteiger partial charge in [0.1, 0.15) is 43.2 Å². The van der Waals surface area contributed by atoms with Crippen LogP contribution < -0.4 is 19.4 Å². The van der Waals surface area contributed by atoms with Crippen molar-refractivity contribution in [2.75, 3.05) is 67.2 Å². The van der Waals surface area contributed by atoms with Gasteiger partial charge in [-0.2, -0.15) is 5.10 Å². The first-order chi connectivity index (χ1) is 25.5. The highest BCUT2D eigenvalue weighted by molar-refractivity contribution is 6.35. The molecule has 3 atom stereocenters. The Morgan fingerprint density at radius 2 is 1.58 bits per heavy atom. The van der Waals surface area contributed by atoms with Gasteiger partial charge in [0.05, 0.1) is 36.6 Å². The fourth-order valence-electron chi connectivity index (χ4n) is 6.90. The summed E-state index contributed by atoms with van der Waals surface area (Å²) >= 11 is 12.7. The summed E-state index contributed by atoms with van der Waals surface area (Å²) in [4.78, 5) is 37.5. The van der Waals surface area contributed by atoms with Gasteiger partial charge in [-0.15, -0.1) is 0 Å². The van der Waals surface area contributed by atoms with E-state index in [1.807, 2.05) is 36.4 Å². The number of nitrogens with zero attached hydrogens (tertiary/aromatic N) is 7. The molecule has 0 spiro atoms. The third-order valence-corrected chi connectivity index (χ3v) is 10.4. The average molecular weight is 767 g/mol. The summed E-state index contributed by atoms with van der Waals surface area (Å²) in [6.45, 7) is 6.62. The molecule has 16 heteroatoms. The number of hydrogen-bond acceptors (Lipinski definition) is 11. The van der Waals surface area contributed by atoms with E-state index < -0.39 is 30.1 Å². The van der Waals surface area contributed by atoms with Crippen molar-refractivity contribution in [1.82, 2.24) is 19.7 Å². The SMILES string of the molecule is CC1(C)C(=O)N(c2ccc(N3CCN(c4ccc(OCC5COC(Cn6cncn6)(c6ccc(Cl)cc6Cl)O5)cc4)CC3)cc2)C(=O)N1CC(O)CO. The highest BCUT2D eigenvalue weighted by Crippen LogP contribution is 2.41. The van der Waals surface area contributed by atoms with Crippen molar-refractivity contribution >= 4 is 52.2 Å². The average Bonchev–Trinajstić information content (AvgIpc) is 3.87. The number of β-amino-alcohol motifs (C(OH)–C–C–N with tert-alkyl or cyclic N) is 1. The first-order valence-corrected chi connectivity index (χ1v) is 18.1. The van der Waals surface area contributed by atoms with Crippen LogP contribution in [0.3, 0.4) is 0 Å². The molecule has 3 aliphatic rings. The molecule has 3 fully saturated rings. The molecule has 280 valence electrons. The number of ether oxygens (including phenoxy) is 3. The first-order valence-electron chi connectivity index (χ1n) is 17.3. The first kappa shape index (κ1) is 36.9. The highest BCUT2D eigenvalue weighted by atomic mass is 35.5. The predicted octanol–water partition coefficient (Wildman–Crippen LogP) is 4.16. The van der Waals surface area contributed by atoms with E-state index in [4.69, 9.17) is 37.4 Å². The molecule has 53 heavy (non-hydrogen) atoms. The zero-order valence-corrected chi connectivity index (χ0v) is 30.9. The Hall–Kier alpha value is -4.44. The molecule has 4 heterocycles. The number of urea groups is 1. The Kier molecular flexibility index (Phi) is 10.5. The van der Waals surface area contributed by atoms with Crippen LogP contribution in [-0.2, 0) is 26.6 Å².